The van der Waals surface area contributed by atoms with E-state index in [2.05, 4.69) is 25.9 Å². The Hall–Kier alpha value is -2.71. The van der Waals surface area contributed by atoms with E-state index in [9.17, 15) is 9.59 Å². The molecular formula is C18H27N7O2. The van der Waals surface area contributed by atoms with E-state index in [0.29, 0.717) is 37.3 Å². The van der Waals surface area contributed by atoms with E-state index in [1.807, 2.05) is 24.0 Å². The van der Waals surface area contributed by atoms with Crippen molar-refractivity contribution >= 4 is 23.3 Å². The van der Waals surface area contributed by atoms with Gasteiger partial charge >= 0.3 is 0 Å². The van der Waals surface area contributed by atoms with E-state index in [1.54, 1.807) is 4.52 Å². The standard InChI is InChI=1S/C18H27N7O2/c1-2-10-20-17(26)9-8-16-22-21-15-7-6-14(23-25(15)16)19-11-4-13-24-12-3-5-18(24)27/h6-7H,2-5,8-13H2,1H3,(H,19,23)(H,20,26). The first-order valence-electron chi connectivity index (χ1n) is 9.67. The molecule has 2 amide bonds. The zero-order valence-corrected chi connectivity index (χ0v) is 15.8. The van der Waals surface area contributed by atoms with Crippen molar-refractivity contribution in [1.29, 1.82) is 0 Å². The summed E-state index contributed by atoms with van der Waals surface area (Å²) >= 11 is 0. The molecule has 1 aliphatic heterocycles. The summed E-state index contributed by atoms with van der Waals surface area (Å²) < 4.78 is 1.68. The summed E-state index contributed by atoms with van der Waals surface area (Å²) in [5.74, 6) is 1.67. The monoisotopic (exact) mass is 373 g/mol. The molecule has 0 bridgehead atoms. The van der Waals surface area contributed by atoms with E-state index in [1.165, 1.54) is 0 Å². The van der Waals surface area contributed by atoms with Gasteiger partial charge in [0.1, 0.15) is 5.82 Å². The molecule has 0 spiro atoms. The quantitative estimate of drug-likeness (QED) is 0.602. The van der Waals surface area contributed by atoms with Crippen LogP contribution in [0.3, 0.4) is 0 Å². The molecule has 3 rings (SSSR count). The Balaban J connectivity index is 1.51. The van der Waals surface area contributed by atoms with Gasteiger partial charge in [-0.25, -0.2) is 0 Å². The molecule has 1 saturated heterocycles. The topological polar surface area (TPSA) is 105 Å². The van der Waals surface area contributed by atoms with Crippen LogP contribution in [0.2, 0.25) is 0 Å². The normalized spacial score (nSPS) is 14.1. The van der Waals surface area contributed by atoms with Crippen molar-refractivity contribution in [2.75, 3.05) is 31.5 Å². The van der Waals surface area contributed by atoms with Gasteiger partial charge in [-0.2, -0.15) is 4.52 Å². The number of anilines is 1. The first-order chi connectivity index (χ1) is 13.2. The molecule has 2 aromatic rings. The van der Waals surface area contributed by atoms with Crippen LogP contribution in [0, 0.1) is 0 Å². The summed E-state index contributed by atoms with van der Waals surface area (Å²) in [6.07, 6.45) is 4.30. The number of amides is 2. The molecular weight excluding hydrogens is 346 g/mol. The largest absolute Gasteiger partial charge is 0.369 e. The van der Waals surface area contributed by atoms with Crippen LogP contribution >= 0.6 is 0 Å². The summed E-state index contributed by atoms with van der Waals surface area (Å²) in [5.41, 5.74) is 0.659. The molecule has 2 aromatic heterocycles. The minimum absolute atomic E-state index is 0.0133. The van der Waals surface area contributed by atoms with E-state index in [-0.39, 0.29) is 11.8 Å². The molecule has 1 fully saturated rings. The van der Waals surface area contributed by atoms with Gasteiger partial charge in [0.2, 0.25) is 11.8 Å². The lowest BCUT2D eigenvalue weighted by Crippen LogP contribution is -2.27. The number of aromatic nitrogens is 4. The van der Waals surface area contributed by atoms with Crippen molar-refractivity contribution in [1.82, 2.24) is 30.0 Å². The molecule has 27 heavy (non-hydrogen) atoms. The van der Waals surface area contributed by atoms with Gasteiger partial charge in [-0.15, -0.1) is 15.3 Å². The maximum absolute atomic E-state index is 11.8. The molecule has 9 nitrogen and oxygen atoms in total. The predicted octanol–water partition coefficient (Wildman–Crippen LogP) is 1.01. The molecule has 0 aromatic carbocycles. The minimum atomic E-state index is 0.0133. The van der Waals surface area contributed by atoms with Crippen molar-refractivity contribution < 1.29 is 9.59 Å². The lowest BCUT2D eigenvalue weighted by atomic mass is 10.3. The van der Waals surface area contributed by atoms with E-state index in [0.717, 1.165) is 44.7 Å². The summed E-state index contributed by atoms with van der Waals surface area (Å²) in [5, 5.41) is 18.9. The zero-order chi connectivity index (χ0) is 19.1. The van der Waals surface area contributed by atoms with E-state index in [4.69, 9.17) is 0 Å². The summed E-state index contributed by atoms with van der Waals surface area (Å²) in [7, 11) is 0. The lowest BCUT2D eigenvalue weighted by molar-refractivity contribution is -0.127. The molecule has 0 saturated carbocycles. The van der Waals surface area contributed by atoms with Crippen LogP contribution in [-0.4, -0.2) is 62.7 Å². The van der Waals surface area contributed by atoms with Gasteiger partial charge in [-0.05, 0) is 31.4 Å². The van der Waals surface area contributed by atoms with Crippen LogP contribution in [0.5, 0.6) is 0 Å². The smallest absolute Gasteiger partial charge is 0.222 e. The molecule has 2 N–H and O–H groups in total. The first kappa shape index (κ1) is 19.1. The number of rotatable bonds is 10. The van der Waals surface area contributed by atoms with Crippen LogP contribution < -0.4 is 10.6 Å². The number of fused-ring (bicyclic) bond motifs is 1. The first-order valence-corrected chi connectivity index (χ1v) is 9.67. The van der Waals surface area contributed by atoms with E-state index >= 15 is 0 Å². The number of hydrogen-bond donors (Lipinski definition) is 2. The van der Waals surface area contributed by atoms with E-state index < -0.39 is 0 Å². The number of likely N-dealkylation sites (tertiary alicyclic amines) is 1. The second-order valence-electron chi connectivity index (χ2n) is 6.72. The Morgan fingerprint density at radius 2 is 2.15 bits per heavy atom. The van der Waals surface area contributed by atoms with Gasteiger partial charge in [-0.3, -0.25) is 9.59 Å². The molecule has 0 radical (unpaired) electrons. The Kier molecular flexibility index (Phi) is 6.56. The highest BCUT2D eigenvalue weighted by molar-refractivity contribution is 5.78. The van der Waals surface area contributed by atoms with Crippen LogP contribution in [-0.2, 0) is 16.0 Å². The van der Waals surface area contributed by atoms with Gasteiger partial charge in [0, 0.05) is 45.4 Å². The number of carbonyl (C=O) groups is 2. The van der Waals surface area contributed by atoms with Crippen LogP contribution in [0.15, 0.2) is 12.1 Å². The maximum Gasteiger partial charge on any atom is 0.222 e. The Bertz CT molecular complexity index is 789. The number of nitrogens with zero attached hydrogens (tertiary/aromatic N) is 5. The fourth-order valence-electron chi connectivity index (χ4n) is 3.09. The Labute approximate surface area is 158 Å². The highest BCUT2D eigenvalue weighted by Crippen LogP contribution is 2.11. The third-order valence-electron chi connectivity index (χ3n) is 4.56. The van der Waals surface area contributed by atoms with Crippen LogP contribution in [0.25, 0.3) is 5.65 Å². The highest BCUT2D eigenvalue weighted by Gasteiger charge is 2.19. The number of aryl methyl sites for hydroxylation is 1. The van der Waals surface area contributed by atoms with Gasteiger partial charge in [0.15, 0.2) is 11.5 Å². The van der Waals surface area contributed by atoms with Crippen molar-refractivity contribution in [3.8, 4) is 0 Å². The van der Waals surface area contributed by atoms with Gasteiger partial charge in [0.25, 0.3) is 0 Å². The van der Waals surface area contributed by atoms with Gasteiger partial charge in [-0.1, -0.05) is 6.92 Å². The summed E-state index contributed by atoms with van der Waals surface area (Å²) in [4.78, 5) is 25.3. The number of carbonyl (C=O) groups excluding carboxylic acids is 2. The van der Waals surface area contributed by atoms with Crippen molar-refractivity contribution in [2.24, 2.45) is 0 Å². The summed E-state index contributed by atoms with van der Waals surface area (Å²) in [6.45, 7) is 5.10. The Morgan fingerprint density at radius 3 is 2.93 bits per heavy atom. The van der Waals surface area contributed by atoms with Crippen LogP contribution in [0.4, 0.5) is 5.82 Å². The van der Waals surface area contributed by atoms with Gasteiger partial charge in [0.05, 0.1) is 0 Å². The fourth-order valence-corrected chi connectivity index (χ4v) is 3.09. The lowest BCUT2D eigenvalue weighted by Gasteiger charge is -2.15. The summed E-state index contributed by atoms with van der Waals surface area (Å²) in [6, 6.07) is 3.72. The molecule has 9 heteroatoms. The predicted molar refractivity (Wildman–Crippen MR) is 101 cm³/mol. The Morgan fingerprint density at radius 1 is 1.26 bits per heavy atom. The molecule has 0 atom stereocenters. The zero-order valence-electron chi connectivity index (χ0n) is 15.8. The van der Waals surface area contributed by atoms with Crippen molar-refractivity contribution in [2.45, 2.75) is 45.4 Å². The fraction of sp³-hybridized carbons (Fsp3) is 0.611. The molecule has 0 aliphatic carbocycles. The highest BCUT2D eigenvalue weighted by atomic mass is 16.2. The van der Waals surface area contributed by atoms with Crippen molar-refractivity contribution in [3.63, 3.8) is 0 Å². The average molecular weight is 373 g/mol. The molecule has 146 valence electrons. The molecule has 3 heterocycles. The second-order valence-corrected chi connectivity index (χ2v) is 6.72. The minimum Gasteiger partial charge on any atom is -0.369 e. The third-order valence-corrected chi connectivity index (χ3v) is 4.56. The SMILES string of the molecule is CCCNC(=O)CCc1nnc2ccc(NCCCN3CCCC3=O)nn12. The van der Waals surface area contributed by atoms with Gasteiger partial charge < -0.3 is 15.5 Å². The van der Waals surface area contributed by atoms with Crippen LogP contribution in [0.1, 0.15) is 44.9 Å². The second kappa shape index (κ2) is 9.29. The van der Waals surface area contributed by atoms with Crippen molar-refractivity contribution in [3.05, 3.63) is 18.0 Å². The molecule has 1 aliphatic rings. The third kappa shape index (κ3) is 5.15. The maximum atomic E-state index is 11.8. The molecule has 0 unspecified atom stereocenters. The number of nitrogens with one attached hydrogen (secondary N) is 2. The number of hydrogen-bond acceptors (Lipinski definition) is 6. The average Bonchev–Trinajstić information content (AvgIpc) is 3.27.